The normalized spacial score (nSPS) is 19.4. The van der Waals surface area contributed by atoms with E-state index in [1.807, 2.05) is 13.0 Å². The Labute approximate surface area is 123 Å². The number of hydrogen-bond acceptors (Lipinski definition) is 6. The van der Waals surface area contributed by atoms with Crippen molar-refractivity contribution in [3.05, 3.63) is 33.9 Å². The third-order valence-electron chi connectivity index (χ3n) is 3.61. The first-order valence-electron chi connectivity index (χ1n) is 7.10. The van der Waals surface area contributed by atoms with Crippen LogP contribution in [0.15, 0.2) is 18.2 Å². The Hall–Kier alpha value is -1.70. The highest BCUT2D eigenvalue weighted by Crippen LogP contribution is 2.29. The molecule has 21 heavy (non-hydrogen) atoms. The van der Waals surface area contributed by atoms with Crippen LogP contribution in [0.4, 0.5) is 11.4 Å². The molecule has 0 aromatic heterocycles. The number of ether oxygens (including phenoxy) is 1. The van der Waals surface area contributed by atoms with Crippen LogP contribution in [-0.4, -0.2) is 53.9 Å². The molecule has 116 valence electrons. The molecule has 1 fully saturated rings. The summed E-state index contributed by atoms with van der Waals surface area (Å²) < 4.78 is 5.36. The first-order chi connectivity index (χ1) is 10.2. The van der Waals surface area contributed by atoms with Crippen molar-refractivity contribution in [1.82, 2.24) is 4.90 Å². The van der Waals surface area contributed by atoms with Crippen LogP contribution < -0.4 is 5.32 Å². The van der Waals surface area contributed by atoms with Gasteiger partial charge in [-0.05, 0) is 12.5 Å². The molecular weight excluding hydrogens is 274 g/mol. The van der Waals surface area contributed by atoms with Crippen molar-refractivity contribution in [3.63, 3.8) is 0 Å². The van der Waals surface area contributed by atoms with Crippen molar-refractivity contribution in [2.45, 2.75) is 19.5 Å². The molecule has 2 N–H and O–H groups in total. The lowest BCUT2D eigenvalue weighted by Crippen LogP contribution is -2.46. The zero-order valence-electron chi connectivity index (χ0n) is 12.1. The standard InChI is InChI=1S/C14H21N3O4/c1-2-15-14-11(4-3-5-13(14)17(19)20)8-16-6-7-21-10-12(16)9-18/h3-5,12,15,18H,2,6-10H2,1H3. The minimum Gasteiger partial charge on any atom is -0.395 e. The van der Waals surface area contributed by atoms with E-state index in [0.29, 0.717) is 38.5 Å². The first kappa shape index (κ1) is 15.7. The molecule has 1 saturated heterocycles. The number of nitrogens with zero attached hydrogens (tertiary/aromatic N) is 2. The summed E-state index contributed by atoms with van der Waals surface area (Å²) in [6.45, 7) is 4.91. The van der Waals surface area contributed by atoms with E-state index in [2.05, 4.69) is 10.2 Å². The zero-order valence-corrected chi connectivity index (χ0v) is 12.1. The Morgan fingerprint density at radius 2 is 2.38 bits per heavy atom. The highest BCUT2D eigenvalue weighted by molar-refractivity contribution is 5.66. The summed E-state index contributed by atoms with van der Waals surface area (Å²) in [6, 6.07) is 5.02. The largest absolute Gasteiger partial charge is 0.395 e. The van der Waals surface area contributed by atoms with Gasteiger partial charge in [-0.15, -0.1) is 0 Å². The van der Waals surface area contributed by atoms with E-state index in [9.17, 15) is 15.2 Å². The third kappa shape index (κ3) is 3.69. The van der Waals surface area contributed by atoms with Crippen molar-refractivity contribution in [2.24, 2.45) is 0 Å². The number of nitro groups is 1. The minimum atomic E-state index is -0.371. The summed E-state index contributed by atoms with van der Waals surface area (Å²) in [4.78, 5) is 12.9. The maximum Gasteiger partial charge on any atom is 0.292 e. The van der Waals surface area contributed by atoms with Crippen molar-refractivity contribution in [3.8, 4) is 0 Å². The Bertz CT molecular complexity index is 495. The average molecular weight is 295 g/mol. The van der Waals surface area contributed by atoms with Gasteiger partial charge in [0.05, 0.1) is 30.8 Å². The van der Waals surface area contributed by atoms with Crippen LogP contribution in [-0.2, 0) is 11.3 Å². The van der Waals surface area contributed by atoms with E-state index in [1.165, 1.54) is 6.07 Å². The van der Waals surface area contributed by atoms with Gasteiger partial charge in [0.2, 0.25) is 0 Å². The van der Waals surface area contributed by atoms with Crippen molar-refractivity contribution in [1.29, 1.82) is 0 Å². The lowest BCUT2D eigenvalue weighted by atomic mass is 10.1. The summed E-state index contributed by atoms with van der Waals surface area (Å²) in [5, 5.41) is 23.6. The van der Waals surface area contributed by atoms with Gasteiger partial charge < -0.3 is 15.2 Å². The molecule has 0 amide bonds. The molecule has 1 aromatic carbocycles. The van der Waals surface area contributed by atoms with Gasteiger partial charge in [0, 0.05) is 25.7 Å². The van der Waals surface area contributed by atoms with Gasteiger partial charge in [-0.1, -0.05) is 12.1 Å². The topological polar surface area (TPSA) is 87.9 Å². The smallest absolute Gasteiger partial charge is 0.292 e. The summed E-state index contributed by atoms with van der Waals surface area (Å²) in [7, 11) is 0. The fourth-order valence-electron chi connectivity index (χ4n) is 2.54. The molecule has 1 aliphatic heterocycles. The zero-order chi connectivity index (χ0) is 15.2. The second-order valence-corrected chi connectivity index (χ2v) is 4.98. The van der Waals surface area contributed by atoms with Crippen LogP contribution in [0.3, 0.4) is 0 Å². The molecule has 0 bridgehead atoms. The van der Waals surface area contributed by atoms with Gasteiger partial charge in [-0.25, -0.2) is 0 Å². The van der Waals surface area contributed by atoms with Crippen molar-refractivity contribution >= 4 is 11.4 Å². The van der Waals surface area contributed by atoms with Crippen LogP contribution in [0.5, 0.6) is 0 Å². The third-order valence-corrected chi connectivity index (χ3v) is 3.61. The SMILES string of the molecule is CCNc1c(CN2CCOCC2CO)cccc1[N+](=O)[O-]. The monoisotopic (exact) mass is 295 g/mol. The van der Waals surface area contributed by atoms with E-state index in [0.717, 1.165) is 5.56 Å². The summed E-state index contributed by atoms with van der Waals surface area (Å²) >= 11 is 0. The lowest BCUT2D eigenvalue weighted by molar-refractivity contribution is -0.384. The Morgan fingerprint density at radius 1 is 1.57 bits per heavy atom. The van der Waals surface area contributed by atoms with Crippen molar-refractivity contribution in [2.75, 3.05) is 38.2 Å². The molecular formula is C14H21N3O4. The number of hydrogen-bond donors (Lipinski definition) is 2. The fraction of sp³-hybridized carbons (Fsp3) is 0.571. The Kier molecular flexibility index (Phi) is 5.49. The molecule has 0 spiro atoms. The van der Waals surface area contributed by atoms with Crippen LogP contribution in [0.2, 0.25) is 0 Å². The van der Waals surface area contributed by atoms with Gasteiger partial charge in [0.25, 0.3) is 5.69 Å². The van der Waals surface area contributed by atoms with E-state index in [1.54, 1.807) is 6.07 Å². The predicted molar refractivity (Wildman–Crippen MR) is 79.4 cm³/mol. The van der Waals surface area contributed by atoms with Gasteiger partial charge in [-0.2, -0.15) is 0 Å². The number of morpholine rings is 1. The van der Waals surface area contributed by atoms with Gasteiger partial charge in [-0.3, -0.25) is 15.0 Å². The number of aliphatic hydroxyl groups is 1. The molecule has 1 heterocycles. The number of rotatable bonds is 6. The fourth-order valence-corrected chi connectivity index (χ4v) is 2.54. The molecule has 2 rings (SSSR count). The van der Waals surface area contributed by atoms with E-state index >= 15 is 0 Å². The van der Waals surface area contributed by atoms with Crippen molar-refractivity contribution < 1.29 is 14.8 Å². The molecule has 0 saturated carbocycles. The number of para-hydroxylation sites is 1. The van der Waals surface area contributed by atoms with E-state index in [4.69, 9.17) is 4.74 Å². The maximum absolute atomic E-state index is 11.2. The number of aliphatic hydroxyl groups excluding tert-OH is 1. The summed E-state index contributed by atoms with van der Waals surface area (Å²) in [5.41, 5.74) is 1.52. The van der Waals surface area contributed by atoms with Gasteiger partial charge in [0.15, 0.2) is 0 Å². The van der Waals surface area contributed by atoms with Crippen LogP contribution in [0, 0.1) is 10.1 Å². The Balaban J connectivity index is 2.25. The number of anilines is 1. The molecule has 7 nitrogen and oxygen atoms in total. The average Bonchev–Trinajstić information content (AvgIpc) is 2.49. The van der Waals surface area contributed by atoms with Gasteiger partial charge >= 0.3 is 0 Å². The second-order valence-electron chi connectivity index (χ2n) is 4.98. The predicted octanol–water partition coefficient (Wildman–Crippen LogP) is 1.22. The highest BCUT2D eigenvalue weighted by Gasteiger charge is 2.25. The molecule has 1 aromatic rings. The first-order valence-corrected chi connectivity index (χ1v) is 7.10. The Morgan fingerprint density at radius 3 is 3.05 bits per heavy atom. The van der Waals surface area contributed by atoms with E-state index < -0.39 is 0 Å². The van der Waals surface area contributed by atoms with E-state index in [-0.39, 0.29) is 23.3 Å². The molecule has 0 radical (unpaired) electrons. The van der Waals surface area contributed by atoms with Gasteiger partial charge in [0.1, 0.15) is 5.69 Å². The van der Waals surface area contributed by atoms with Crippen LogP contribution in [0.1, 0.15) is 12.5 Å². The number of nitro benzene ring substituents is 1. The maximum atomic E-state index is 11.2. The summed E-state index contributed by atoms with van der Waals surface area (Å²) in [6.07, 6.45) is 0. The minimum absolute atomic E-state index is 0.0193. The van der Waals surface area contributed by atoms with Crippen LogP contribution >= 0.6 is 0 Å². The quantitative estimate of drug-likeness (QED) is 0.606. The molecule has 1 unspecified atom stereocenters. The molecule has 1 aliphatic rings. The molecule has 1 atom stereocenters. The molecule has 0 aliphatic carbocycles. The lowest BCUT2D eigenvalue weighted by Gasteiger charge is -2.34. The number of benzene rings is 1. The molecule has 7 heteroatoms. The number of nitrogens with one attached hydrogen (secondary N) is 1. The highest BCUT2D eigenvalue weighted by atomic mass is 16.6. The second kappa shape index (κ2) is 7.35. The van der Waals surface area contributed by atoms with Crippen LogP contribution in [0.25, 0.3) is 0 Å². The summed E-state index contributed by atoms with van der Waals surface area (Å²) in [5.74, 6) is 0.